The van der Waals surface area contributed by atoms with Gasteiger partial charge in [-0.1, -0.05) is 6.92 Å². The Labute approximate surface area is 98.6 Å². The molecule has 96 valence electrons. The Morgan fingerprint density at radius 2 is 2.06 bits per heavy atom. The van der Waals surface area contributed by atoms with Crippen LogP contribution in [0.5, 0.6) is 0 Å². The van der Waals surface area contributed by atoms with E-state index < -0.39 is 16.8 Å². The van der Waals surface area contributed by atoms with E-state index in [-0.39, 0.29) is 11.7 Å². The van der Waals surface area contributed by atoms with Crippen molar-refractivity contribution in [3.05, 3.63) is 0 Å². The number of rotatable bonds is 10. The Bertz CT molecular complexity index is 219. The van der Waals surface area contributed by atoms with E-state index >= 15 is 0 Å². The van der Waals surface area contributed by atoms with Crippen molar-refractivity contribution >= 4 is 16.8 Å². The second-order valence-electron chi connectivity index (χ2n) is 3.45. The molecule has 0 heterocycles. The highest BCUT2D eigenvalue weighted by molar-refractivity contribution is 7.85. The number of ether oxygens (including phenoxy) is 2. The minimum atomic E-state index is -1.08. The molecule has 6 heteroatoms. The molecule has 0 fully saturated rings. The monoisotopic (exact) mass is 252 g/mol. The average molecular weight is 252 g/mol. The molecule has 0 aliphatic heterocycles. The molecule has 0 radical (unpaired) electrons. The van der Waals surface area contributed by atoms with Gasteiger partial charge in [-0.2, -0.15) is 0 Å². The van der Waals surface area contributed by atoms with Gasteiger partial charge in [0, 0.05) is 35.5 Å². The Hall–Kier alpha value is -0.460. The van der Waals surface area contributed by atoms with Gasteiger partial charge in [0.25, 0.3) is 0 Å². The highest BCUT2D eigenvalue weighted by atomic mass is 32.2. The van der Waals surface area contributed by atoms with E-state index in [1.165, 1.54) is 0 Å². The van der Waals surface area contributed by atoms with Gasteiger partial charge in [-0.3, -0.25) is 9.00 Å². The molecular formula is C10H20O5S. The van der Waals surface area contributed by atoms with Gasteiger partial charge in [0.2, 0.25) is 0 Å². The van der Waals surface area contributed by atoms with Crippen molar-refractivity contribution in [1.29, 1.82) is 0 Å². The number of hydrogen-bond acceptors (Lipinski definition) is 4. The molecule has 2 unspecified atom stereocenters. The van der Waals surface area contributed by atoms with Crippen LogP contribution in [0.25, 0.3) is 0 Å². The number of carboxylic acid groups (broad SMARTS) is 1. The van der Waals surface area contributed by atoms with E-state index in [1.807, 2.05) is 0 Å². The Kier molecular flexibility index (Phi) is 9.46. The van der Waals surface area contributed by atoms with Gasteiger partial charge in [0.1, 0.15) is 0 Å². The maximum absolute atomic E-state index is 11.5. The number of hydrogen-bond donors (Lipinski definition) is 1. The molecule has 0 rings (SSSR count). The molecule has 0 saturated heterocycles. The van der Waals surface area contributed by atoms with Crippen LogP contribution >= 0.6 is 0 Å². The third-order valence-corrected chi connectivity index (χ3v) is 3.73. The fraction of sp³-hybridized carbons (Fsp3) is 0.900. The number of methoxy groups -OCH3 is 1. The van der Waals surface area contributed by atoms with Crippen molar-refractivity contribution in [3.63, 3.8) is 0 Å². The minimum Gasteiger partial charge on any atom is -0.481 e. The lowest BCUT2D eigenvalue weighted by molar-refractivity contribution is -0.136. The van der Waals surface area contributed by atoms with Crippen LogP contribution in [0.1, 0.15) is 19.8 Å². The van der Waals surface area contributed by atoms with Crippen LogP contribution < -0.4 is 0 Å². The molecule has 0 saturated carbocycles. The second-order valence-corrected chi connectivity index (χ2v) is 5.43. The summed E-state index contributed by atoms with van der Waals surface area (Å²) in [5, 5.41) is 8.23. The summed E-state index contributed by atoms with van der Waals surface area (Å²) in [5.74, 6) is -0.418. The molecule has 0 aliphatic carbocycles. The maximum atomic E-state index is 11.5. The van der Waals surface area contributed by atoms with E-state index in [1.54, 1.807) is 14.0 Å². The highest BCUT2D eigenvalue weighted by Gasteiger charge is 2.14. The minimum absolute atomic E-state index is 0.0445. The standard InChI is InChI=1S/C10H20O5S/c1-9(8-10(11)12)16(13)7-3-4-15-6-5-14-2/h9H,3-8H2,1-2H3,(H,11,12). The van der Waals surface area contributed by atoms with Crippen LogP contribution in [0.2, 0.25) is 0 Å². The molecule has 0 amide bonds. The van der Waals surface area contributed by atoms with Crippen molar-refractivity contribution in [2.45, 2.75) is 25.0 Å². The predicted octanol–water partition coefficient (Wildman–Crippen LogP) is 0.651. The quantitative estimate of drug-likeness (QED) is 0.578. The van der Waals surface area contributed by atoms with Gasteiger partial charge in [-0.15, -0.1) is 0 Å². The summed E-state index contributed by atoms with van der Waals surface area (Å²) in [7, 11) is 0.519. The van der Waals surface area contributed by atoms with Crippen molar-refractivity contribution in [3.8, 4) is 0 Å². The van der Waals surface area contributed by atoms with E-state index in [0.29, 0.717) is 32.0 Å². The maximum Gasteiger partial charge on any atom is 0.304 e. The van der Waals surface area contributed by atoms with Crippen molar-refractivity contribution in [2.75, 3.05) is 32.7 Å². The topological polar surface area (TPSA) is 72.8 Å². The molecule has 16 heavy (non-hydrogen) atoms. The van der Waals surface area contributed by atoms with Crippen molar-refractivity contribution < 1.29 is 23.6 Å². The zero-order valence-electron chi connectivity index (χ0n) is 9.81. The molecule has 1 N–H and O–H groups in total. The lowest BCUT2D eigenvalue weighted by Gasteiger charge is -2.08. The van der Waals surface area contributed by atoms with Gasteiger partial charge in [0.15, 0.2) is 0 Å². The Morgan fingerprint density at radius 3 is 2.62 bits per heavy atom. The first-order chi connectivity index (χ1) is 7.57. The van der Waals surface area contributed by atoms with Gasteiger partial charge in [-0.05, 0) is 6.42 Å². The number of carbonyl (C=O) groups is 1. The van der Waals surface area contributed by atoms with E-state index in [9.17, 15) is 9.00 Å². The van der Waals surface area contributed by atoms with Gasteiger partial charge in [0.05, 0.1) is 19.6 Å². The van der Waals surface area contributed by atoms with Crippen LogP contribution in [-0.4, -0.2) is 53.2 Å². The summed E-state index contributed by atoms with van der Waals surface area (Å²) in [6.07, 6.45) is 0.636. The fourth-order valence-electron chi connectivity index (χ4n) is 1.09. The molecule has 0 bridgehead atoms. The molecule has 0 aromatic carbocycles. The van der Waals surface area contributed by atoms with Crippen LogP contribution in [-0.2, 0) is 25.1 Å². The Balaban J connectivity index is 3.46. The first-order valence-electron chi connectivity index (χ1n) is 5.23. The van der Waals surface area contributed by atoms with Gasteiger partial charge < -0.3 is 14.6 Å². The zero-order chi connectivity index (χ0) is 12.4. The summed E-state index contributed by atoms with van der Waals surface area (Å²) in [4.78, 5) is 10.4. The number of carboxylic acids is 1. The summed E-state index contributed by atoms with van der Waals surface area (Å²) in [6, 6.07) is 0. The summed E-state index contributed by atoms with van der Waals surface area (Å²) in [5.41, 5.74) is 0. The first kappa shape index (κ1) is 15.5. The summed E-state index contributed by atoms with van der Waals surface area (Å²) < 4.78 is 21.5. The third kappa shape index (κ3) is 8.82. The van der Waals surface area contributed by atoms with Crippen LogP contribution in [0.15, 0.2) is 0 Å². The smallest absolute Gasteiger partial charge is 0.304 e. The number of aliphatic carboxylic acids is 1. The van der Waals surface area contributed by atoms with E-state index in [4.69, 9.17) is 14.6 Å². The van der Waals surface area contributed by atoms with Crippen molar-refractivity contribution in [2.24, 2.45) is 0 Å². The highest BCUT2D eigenvalue weighted by Crippen LogP contribution is 2.03. The average Bonchev–Trinajstić information content (AvgIpc) is 2.21. The van der Waals surface area contributed by atoms with Crippen LogP contribution in [0.4, 0.5) is 0 Å². The summed E-state index contributed by atoms with van der Waals surface area (Å²) >= 11 is 0. The SMILES string of the molecule is COCCOCCCS(=O)C(C)CC(=O)O. The first-order valence-corrected chi connectivity index (χ1v) is 6.61. The molecule has 0 aliphatic rings. The lowest BCUT2D eigenvalue weighted by atomic mass is 10.3. The van der Waals surface area contributed by atoms with Gasteiger partial charge >= 0.3 is 5.97 Å². The molecular weight excluding hydrogens is 232 g/mol. The molecule has 0 spiro atoms. The van der Waals surface area contributed by atoms with Crippen molar-refractivity contribution in [1.82, 2.24) is 0 Å². The van der Waals surface area contributed by atoms with Crippen LogP contribution in [0.3, 0.4) is 0 Å². The predicted molar refractivity (Wildman–Crippen MR) is 62.0 cm³/mol. The van der Waals surface area contributed by atoms with Gasteiger partial charge in [-0.25, -0.2) is 0 Å². The van der Waals surface area contributed by atoms with Crippen LogP contribution in [0, 0.1) is 0 Å². The zero-order valence-corrected chi connectivity index (χ0v) is 10.6. The molecule has 5 nitrogen and oxygen atoms in total. The normalized spacial score (nSPS) is 14.6. The molecule has 2 atom stereocenters. The van der Waals surface area contributed by atoms with E-state index in [0.717, 1.165) is 0 Å². The molecule has 0 aromatic rings. The largest absolute Gasteiger partial charge is 0.481 e. The second kappa shape index (κ2) is 9.74. The molecule has 0 aromatic heterocycles. The third-order valence-electron chi connectivity index (χ3n) is 1.98. The lowest BCUT2D eigenvalue weighted by Crippen LogP contribution is -2.19. The fourth-order valence-corrected chi connectivity index (χ4v) is 2.22. The van der Waals surface area contributed by atoms with E-state index in [2.05, 4.69) is 0 Å². The Morgan fingerprint density at radius 1 is 1.38 bits per heavy atom. The summed E-state index contributed by atoms with van der Waals surface area (Å²) in [6.45, 7) is 3.32.